The fourth-order valence-electron chi connectivity index (χ4n) is 3.86. The lowest BCUT2D eigenvalue weighted by atomic mass is 9.86. The van der Waals surface area contributed by atoms with Crippen LogP contribution in [0.15, 0.2) is 30.3 Å². The third-order valence-electron chi connectivity index (χ3n) is 4.97. The average molecular weight is 267 g/mol. The summed E-state index contributed by atoms with van der Waals surface area (Å²) in [5, 5.41) is 2.84. The molecule has 20 heavy (non-hydrogen) atoms. The SMILES string of the molecule is NC(c1ccc2c3c(cccc13)CC2)C1CCCOC1. The van der Waals surface area contributed by atoms with E-state index in [4.69, 9.17) is 10.5 Å². The fourth-order valence-corrected chi connectivity index (χ4v) is 3.86. The smallest absolute Gasteiger partial charge is 0.0512 e. The molecule has 1 saturated heterocycles. The first-order valence-electron chi connectivity index (χ1n) is 7.71. The van der Waals surface area contributed by atoms with Gasteiger partial charge in [0.1, 0.15) is 0 Å². The Labute approximate surface area is 119 Å². The van der Waals surface area contributed by atoms with Crippen LogP contribution < -0.4 is 5.73 Å². The second-order valence-corrected chi connectivity index (χ2v) is 6.16. The Morgan fingerprint density at radius 2 is 1.95 bits per heavy atom. The van der Waals surface area contributed by atoms with E-state index in [0.29, 0.717) is 5.92 Å². The van der Waals surface area contributed by atoms with E-state index in [0.717, 1.165) is 19.6 Å². The van der Waals surface area contributed by atoms with Crippen molar-refractivity contribution in [2.75, 3.05) is 13.2 Å². The number of hydrogen-bond acceptors (Lipinski definition) is 2. The summed E-state index contributed by atoms with van der Waals surface area (Å²) < 4.78 is 5.62. The predicted molar refractivity (Wildman–Crippen MR) is 81.8 cm³/mol. The Kier molecular flexibility index (Phi) is 3.01. The van der Waals surface area contributed by atoms with Crippen LogP contribution >= 0.6 is 0 Å². The molecule has 1 aliphatic carbocycles. The van der Waals surface area contributed by atoms with Crippen LogP contribution in [0, 0.1) is 5.92 Å². The zero-order valence-electron chi connectivity index (χ0n) is 11.8. The third-order valence-corrected chi connectivity index (χ3v) is 4.97. The highest BCUT2D eigenvalue weighted by Crippen LogP contribution is 2.37. The van der Waals surface area contributed by atoms with Crippen LogP contribution in [0.4, 0.5) is 0 Å². The molecule has 2 N–H and O–H groups in total. The molecule has 0 bridgehead atoms. The van der Waals surface area contributed by atoms with Gasteiger partial charge in [0.15, 0.2) is 0 Å². The molecule has 2 aliphatic rings. The van der Waals surface area contributed by atoms with Gasteiger partial charge in [-0.05, 0) is 53.1 Å². The molecule has 0 radical (unpaired) electrons. The lowest BCUT2D eigenvalue weighted by molar-refractivity contribution is 0.0449. The molecule has 0 saturated carbocycles. The van der Waals surface area contributed by atoms with Crippen LogP contribution in [0.2, 0.25) is 0 Å². The zero-order chi connectivity index (χ0) is 13.5. The molecular weight excluding hydrogens is 246 g/mol. The van der Waals surface area contributed by atoms with Gasteiger partial charge < -0.3 is 10.5 Å². The minimum absolute atomic E-state index is 0.0974. The zero-order valence-corrected chi connectivity index (χ0v) is 11.8. The Morgan fingerprint density at radius 3 is 2.75 bits per heavy atom. The van der Waals surface area contributed by atoms with Gasteiger partial charge in [0.05, 0.1) is 6.61 Å². The first kappa shape index (κ1) is 12.4. The van der Waals surface area contributed by atoms with Crippen molar-refractivity contribution in [3.05, 3.63) is 47.0 Å². The molecule has 2 aromatic rings. The van der Waals surface area contributed by atoms with E-state index < -0.39 is 0 Å². The molecule has 2 nitrogen and oxygen atoms in total. The number of hydrogen-bond donors (Lipinski definition) is 1. The number of nitrogens with two attached hydrogens (primary N) is 1. The second-order valence-electron chi connectivity index (χ2n) is 6.16. The quantitative estimate of drug-likeness (QED) is 0.905. The summed E-state index contributed by atoms with van der Waals surface area (Å²) in [5.74, 6) is 0.460. The van der Waals surface area contributed by atoms with Crippen molar-refractivity contribution in [1.29, 1.82) is 0 Å². The Balaban J connectivity index is 1.80. The number of ether oxygens (including phenoxy) is 1. The Morgan fingerprint density at radius 1 is 1.10 bits per heavy atom. The summed E-state index contributed by atoms with van der Waals surface area (Å²) in [7, 11) is 0. The van der Waals surface area contributed by atoms with Gasteiger partial charge in [-0.3, -0.25) is 0 Å². The molecule has 1 fully saturated rings. The lowest BCUT2D eigenvalue weighted by Crippen LogP contribution is -2.29. The first-order chi connectivity index (χ1) is 9.84. The van der Waals surface area contributed by atoms with Gasteiger partial charge in [0, 0.05) is 18.6 Å². The highest BCUT2D eigenvalue weighted by atomic mass is 16.5. The van der Waals surface area contributed by atoms with Crippen molar-refractivity contribution < 1.29 is 4.74 Å². The number of rotatable bonds is 2. The van der Waals surface area contributed by atoms with Crippen LogP contribution in [0.1, 0.15) is 35.6 Å². The van der Waals surface area contributed by atoms with Crippen LogP contribution in [0.25, 0.3) is 10.8 Å². The van der Waals surface area contributed by atoms with E-state index in [2.05, 4.69) is 30.3 Å². The van der Waals surface area contributed by atoms with Gasteiger partial charge >= 0.3 is 0 Å². The average Bonchev–Trinajstić information content (AvgIpc) is 2.93. The lowest BCUT2D eigenvalue weighted by Gasteiger charge is -2.28. The van der Waals surface area contributed by atoms with Gasteiger partial charge in [0.2, 0.25) is 0 Å². The number of aryl methyl sites for hydroxylation is 2. The highest BCUT2D eigenvalue weighted by Gasteiger charge is 2.25. The highest BCUT2D eigenvalue weighted by molar-refractivity contribution is 5.93. The van der Waals surface area contributed by atoms with E-state index in [1.54, 1.807) is 0 Å². The topological polar surface area (TPSA) is 35.2 Å². The van der Waals surface area contributed by atoms with E-state index in [1.807, 2.05) is 0 Å². The van der Waals surface area contributed by atoms with E-state index in [9.17, 15) is 0 Å². The molecular formula is C18H21NO. The Hall–Kier alpha value is -1.38. The molecule has 0 spiro atoms. The maximum atomic E-state index is 6.58. The molecule has 2 atom stereocenters. The minimum Gasteiger partial charge on any atom is -0.381 e. The standard InChI is InChI=1S/C18H21NO/c19-18(14-4-2-10-20-11-14)16-9-8-13-7-6-12-3-1-5-15(16)17(12)13/h1,3,5,8-9,14,18H,2,4,6-7,10-11,19H2. The summed E-state index contributed by atoms with van der Waals surface area (Å²) in [6.07, 6.45) is 4.68. The summed E-state index contributed by atoms with van der Waals surface area (Å²) >= 11 is 0. The fraction of sp³-hybridized carbons (Fsp3) is 0.444. The van der Waals surface area contributed by atoms with Gasteiger partial charge in [-0.25, -0.2) is 0 Å². The van der Waals surface area contributed by atoms with Crippen LogP contribution in [0.3, 0.4) is 0 Å². The van der Waals surface area contributed by atoms with Crippen molar-refractivity contribution >= 4 is 10.8 Å². The van der Waals surface area contributed by atoms with Crippen molar-refractivity contribution in [2.24, 2.45) is 11.7 Å². The molecule has 2 aromatic carbocycles. The van der Waals surface area contributed by atoms with Crippen LogP contribution in [-0.2, 0) is 17.6 Å². The molecule has 2 unspecified atom stereocenters. The van der Waals surface area contributed by atoms with Gasteiger partial charge in [0.25, 0.3) is 0 Å². The van der Waals surface area contributed by atoms with Gasteiger partial charge in [-0.2, -0.15) is 0 Å². The largest absolute Gasteiger partial charge is 0.381 e. The van der Waals surface area contributed by atoms with E-state index >= 15 is 0 Å². The maximum Gasteiger partial charge on any atom is 0.0512 e. The van der Waals surface area contributed by atoms with Crippen molar-refractivity contribution in [1.82, 2.24) is 0 Å². The minimum atomic E-state index is 0.0974. The summed E-state index contributed by atoms with van der Waals surface area (Å²) in [6.45, 7) is 1.71. The van der Waals surface area contributed by atoms with E-state index in [1.165, 1.54) is 46.7 Å². The molecule has 1 heterocycles. The summed E-state index contributed by atoms with van der Waals surface area (Å²) in [5.41, 5.74) is 10.9. The molecule has 2 heteroatoms. The number of benzene rings is 2. The van der Waals surface area contributed by atoms with E-state index in [-0.39, 0.29) is 6.04 Å². The third kappa shape index (κ3) is 1.87. The molecule has 104 valence electrons. The Bertz CT molecular complexity index is 633. The molecule has 0 aromatic heterocycles. The molecule has 1 aliphatic heterocycles. The maximum absolute atomic E-state index is 6.58. The first-order valence-corrected chi connectivity index (χ1v) is 7.71. The second kappa shape index (κ2) is 4.87. The monoisotopic (exact) mass is 267 g/mol. The summed E-state index contributed by atoms with van der Waals surface area (Å²) in [4.78, 5) is 0. The predicted octanol–water partition coefficient (Wildman–Crippen LogP) is 3.36. The molecule has 0 amide bonds. The van der Waals surface area contributed by atoms with Gasteiger partial charge in [-0.1, -0.05) is 30.3 Å². The summed E-state index contributed by atoms with van der Waals surface area (Å²) in [6, 6.07) is 11.3. The van der Waals surface area contributed by atoms with Gasteiger partial charge in [-0.15, -0.1) is 0 Å². The van der Waals surface area contributed by atoms with Crippen LogP contribution in [-0.4, -0.2) is 13.2 Å². The normalized spacial score (nSPS) is 23.1. The van der Waals surface area contributed by atoms with Crippen molar-refractivity contribution in [2.45, 2.75) is 31.7 Å². The van der Waals surface area contributed by atoms with Crippen molar-refractivity contribution in [3.8, 4) is 0 Å². The van der Waals surface area contributed by atoms with Crippen molar-refractivity contribution in [3.63, 3.8) is 0 Å². The molecule has 4 rings (SSSR count). The van der Waals surface area contributed by atoms with Crippen LogP contribution in [0.5, 0.6) is 0 Å².